The van der Waals surface area contributed by atoms with Gasteiger partial charge in [0.1, 0.15) is 57.4 Å². The summed E-state index contributed by atoms with van der Waals surface area (Å²) in [6, 6.07) is 52.2. The van der Waals surface area contributed by atoms with Crippen molar-refractivity contribution in [3.63, 3.8) is 0 Å². The van der Waals surface area contributed by atoms with Gasteiger partial charge in [0.05, 0.1) is 22.6 Å². The molecular weight excluding hydrogens is 1930 g/mol. The van der Waals surface area contributed by atoms with Gasteiger partial charge in [0.15, 0.2) is 51.5 Å². The molecule has 8 aliphatic carbocycles. The fourth-order valence-corrected chi connectivity index (χ4v) is 13.9. The van der Waals surface area contributed by atoms with E-state index in [1.165, 1.54) is 30.3 Å². The normalized spacial score (nSPS) is 14.6. The van der Waals surface area contributed by atoms with Crippen LogP contribution in [0.4, 0.5) is 8.78 Å². The van der Waals surface area contributed by atoms with Crippen LogP contribution < -0.4 is 42.5 Å². The van der Waals surface area contributed by atoms with Crippen LogP contribution >= 0.6 is 31.9 Å². The highest BCUT2D eigenvalue weighted by molar-refractivity contribution is 9.11. The highest BCUT2D eigenvalue weighted by Gasteiger charge is 2.33. The Labute approximate surface area is 807 Å². The summed E-state index contributed by atoms with van der Waals surface area (Å²) < 4.78 is 52.4. The highest BCUT2D eigenvalue weighted by atomic mass is 79.9. The number of rotatable bonds is 23. The van der Waals surface area contributed by atoms with E-state index < -0.39 is 0 Å². The van der Waals surface area contributed by atoms with E-state index in [0.717, 1.165) is 119 Å². The van der Waals surface area contributed by atoms with Crippen LogP contribution in [-0.4, -0.2) is 177 Å². The van der Waals surface area contributed by atoms with Gasteiger partial charge in [-0.25, -0.2) is 8.78 Å². The smallest absolute Gasteiger partial charge is 0.273 e. The SMILES string of the molecule is Cc1cc(C(=O)NC2CC2)no1.Cc1ccc(-c2cc(C(=O)NC3CC3)[nH]n2)c(O)c1.O=C(NC1CC1)c1cc(-c2ccc(F)cc2Br)n[nH]1.O=C(NC1CC1)c1cc(-c2ccc(F)cc2Br)on1.O=C(NC1CC1)c1cc(-c2ccccc2O)n[nH]1.O=C(NC1CC1)c1cc(-c2ccccc2O)on1.O=C(NC1CC1)c1cc(-c2ccccn2)on1.O=C(NC1CC1)c1cc(-c2cccnc2)on1. The summed E-state index contributed by atoms with van der Waals surface area (Å²) in [5.41, 5.74) is 10.1. The predicted molar refractivity (Wildman–Crippen MR) is 506 cm³/mol. The standard InChI is InChI=1S/C14H15N3O2.C13H11BrFN3O.C13H10BrFN2O2.C13H13N3O2.C13H12N2O3.2C12H11N3O2.C8H10N2O2/c1-8-2-5-10(13(18)6-8)11-7-12(17-16-11)14(19)15-9-3-4-9;14-10-5-7(15)1-4-9(10)11-6-12(18-17-11)13(19)16-8-2-3-8;14-10-5-7(15)1-4-9(10)12-6-11(17-19-12)13(18)16-8-2-3-8;17-12-4-2-1-3-9(12)10-7-11(16-15-10)13(18)14-8-5-6-8;16-11-4-2-1-3-9(11)12-7-10(15-18-12)13(17)14-8-5-6-8;16-12(14-9-3-4-9)10-6-11(17-15-10)8-2-1-5-13-7-8;16-12(14-8-4-5-8)10-7-11(17-15-10)9-3-1-2-6-13-9;1-5-4-7(10-12-5)8(11)9-6-2-3-6/h2,5-7,9,18H,3-4H2,1H3,(H,15,19)(H,16,17);1,4-6,8H,2-3H2,(H,16,19)(H,17,18);1,4-6,8H,2-3H2,(H,16,18);1-4,7-8,17H,5-6H2,(H,14,18)(H,15,16);1-4,7-8,16H,5-6H2,(H,14,17);1-2,5-7,9H,3-4H2,(H,14,16);1-3,6-8H,4-5H2,(H,14,16);4,6H,2-3H2,1H3,(H,9,11). The summed E-state index contributed by atoms with van der Waals surface area (Å²) in [4.78, 5) is 102. The number of phenolic OH excluding ortho intramolecular Hbond substituents is 3. The average Bonchev–Trinajstić information content (AvgIpc) is 1.69. The Morgan fingerprint density at radius 3 is 1.05 bits per heavy atom. The largest absolute Gasteiger partial charge is 0.507 e. The zero-order valence-electron chi connectivity index (χ0n) is 74.6. The van der Waals surface area contributed by atoms with E-state index in [9.17, 15) is 62.5 Å². The van der Waals surface area contributed by atoms with E-state index in [0.29, 0.717) is 153 Å². The number of aromatic hydroxyl groups is 3. The number of hydrogen-bond donors (Lipinski definition) is 14. The topological polar surface area (TPSA) is 535 Å². The lowest BCUT2D eigenvalue weighted by atomic mass is 10.1. The number of nitrogens with one attached hydrogen (secondary N) is 11. The second-order valence-electron chi connectivity index (χ2n) is 33.9. The van der Waals surface area contributed by atoms with Gasteiger partial charge in [0.25, 0.3) is 47.3 Å². The Kier molecular flexibility index (Phi) is 30.9. The third kappa shape index (κ3) is 28.4. The lowest BCUT2D eigenvalue weighted by Gasteiger charge is -2.01. The molecule has 23 rings (SSSR count). The number of halogens is 4. The van der Waals surface area contributed by atoms with Crippen molar-refractivity contribution >= 4 is 79.1 Å². The molecule has 8 aliphatic rings. The number of benzene rings is 5. The number of hydrogen-bond acceptors (Lipinski definition) is 26. The van der Waals surface area contributed by atoms with Crippen LogP contribution in [0.5, 0.6) is 17.2 Å². The monoisotopic (exact) mass is 2020 g/mol. The summed E-state index contributed by atoms with van der Waals surface area (Å²) in [6.07, 6.45) is 21.7. The molecule has 0 radical (unpaired) electrons. The van der Waals surface area contributed by atoms with Crippen LogP contribution in [0.25, 0.3) is 79.2 Å². The number of amides is 8. The number of phenols is 3. The molecule has 41 heteroatoms. The van der Waals surface area contributed by atoms with Gasteiger partial charge < -0.3 is 80.5 Å². The Hall–Kier alpha value is -15.9. The van der Waals surface area contributed by atoms with Gasteiger partial charge in [-0.05, 0) is 269 Å². The summed E-state index contributed by atoms with van der Waals surface area (Å²) in [6.45, 7) is 3.67. The third-order valence-corrected chi connectivity index (χ3v) is 23.0. The minimum atomic E-state index is -0.346. The van der Waals surface area contributed by atoms with E-state index in [1.54, 1.807) is 135 Å². The minimum Gasteiger partial charge on any atom is -0.507 e. The zero-order valence-corrected chi connectivity index (χ0v) is 77.8. The first kappa shape index (κ1) is 96.2. The average molecular weight is 2020 g/mol. The van der Waals surface area contributed by atoms with Gasteiger partial charge in [-0.2, -0.15) is 15.3 Å². The van der Waals surface area contributed by atoms with E-state index in [-0.39, 0.29) is 99.6 Å². The lowest BCUT2D eigenvalue weighted by Crippen LogP contribution is -2.25. The van der Waals surface area contributed by atoms with Crippen molar-refractivity contribution < 1.29 is 85.1 Å². The van der Waals surface area contributed by atoms with E-state index in [1.807, 2.05) is 49.4 Å². The van der Waals surface area contributed by atoms with Gasteiger partial charge >= 0.3 is 0 Å². The number of aryl methyl sites for hydroxylation is 2. The molecule has 0 spiro atoms. The number of pyridine rings is 2. The summed E-state index contributed by atoms with van der Waals surface area (Å²) in [5.74, 6) is 0.876. The first-order valence-corrected chi connectivity index (χ1v) is 46.4. The Bertz CT molecular complexity index is 6390. The van der Waals surface area contributed by atoms with Crippen LogP contribution in [0.15, 0.2) is 232 Å². The van der Waals surface area contributed by atoms with Crippen LogP contribution in [0.2, 0.25) is 0 Å². The fraction of sp³-hybridized carbons (Fsp3) is 0.265. The molecule has 15 aromatic rings. The molecular formula is C98H93Br2F2N21O16. The van der Waals surface area contributed by atoms with Gasteiger partial charge in [-0.1, -0.05) is 62.2 Å². The molecule has 0 aliphatic heterocycles. The van der Waals surface area contributed by atoms with Crippen molar-refractivity contribution in [3.8, 4) is 96.4 Å². The lowest BCUT2D eigenvalue weighted by molar-refractivity contribution is 0.0933. The molecule has 8 saturated carbocycles. The summed E-state index contributed by atoms with van der Waals surface area (Å²) in [5, 5.41) is 91.0. The van der Waals surface area contributed by atoms with Crippen LogP contribution in [0.3, 0.4) is 0 Å². The number of nitrogens with zero attached hydrogens (tertiary/aromatic N) is 10. The fourth-order valence-electron chi connectivity index (χ4n) is 12.8. The third-order valence-electron chi connectivity index (χ3n) is 21.6. The predicted octanol–water partition coefficient (Wildman–Crippen LogP) is 15.7. The molecule has 8 fully saturated rings. The van der Waals surface area contributed by atoms with E-state index in [2.05, 4.69) is 141 Å². The molecule has 37 nitrogen and oxygen atoms in total. The van der Waals surface area contributed by atoms with Gasteiger partial charge in [0.2, 0.25) is 0 Å². The quantitative estimate of drug-likeness (QED) is 0.0283. The van der Waals surface area contributed by atoms with E-state index in [4.69, 9.17) is 22.6 Å². The van der Waals surface area contributed by atoms with E-state index >= 15 is 0 Å². The second kappa shape index (κ2) is 44.7. The van der Waals surface area contributed by atoms with Crippen molar-refractivity contribution in [2.75, 3.05) is 0 Å². The first-order chi connectivity index (χ1) is 67.3. The molecule has 0 saturated heterocycles. The number of carbonyl (C=O) groups excluding carboxylic acids is 8. The molecule has 5 aromatic carbocycles. The maximum Gasteiger partial charge on any atom is 0.273 e. The van der Waals surface area contributed by atoms with Crippen LogP contribution in [0.1, 0.15) is 198 Å². The summed E-state index contributed by atoms with van der Waals surface area (Å²) >= 11 is 6.54. The number of aromatic nitrogens is 13. The van der Waals surface area contributed by atoms with Gasteiger partial charge in [-0.15, -0.1) is 0 Å². The van der Waals surface area contributed by atoms with Gasteiger partial charge in [0, 0.05) is 134 Å². The number of aromatic amines is 3. The molecule has 0 unspecified atom stereocenters. The molecule has 8 amide bonds. The number of H-pyrrole nitrogens is 3. The van der Waals surface area contributed by atoms with Crippen molar-refractivity contribution in [1.29, 1.82) is 0 Å². The van der Waals surface area contributed by atoms with Gasteiger partial charge in [-0.3, -0.25) is 63.6 Å². The molecule has 14 N–H and O–H groups in total. The zero-order chi connectivity index (χ0) is 97.2. The molecule has 10 heterocycles. The van der Waals surface area contributed by atoms with Crippen molar-refractivity contribution in [1.82, 2.24) is 109 Å². The highest BCUT2D eigenvalue weighted by Crippen LogP contribution is 2.36. The molecule has 10 aromatic heterocycles. The molecule has 139 heavy (non-hydrogen) atoms. The summed E-state index contributed by atoms with van der Waals surface area (Å²) in [7, 11) is 0. The van der Waals surface area contributed by atoms with Crippen LogP contribution in [0, 0.1) is 25.5 Å². The van der Waals surface area contributed by atoms with Crippen molar-refractivity contribution in [3.05, 3.63) is 278 Å². The Balaban J connectivity index is 0.000000115. The molecule has 0 bridgehead atoms. The molecule has 0 atom stereocenters. The number of carbonyl (C=O) groups is 8. The minimum absolute atomic E-state index is 0.0998. The molecule has 714 valence electrons. The number of para-hydroxylation sites is 2. The Morgan fingerprint density at radius 1 is 0.324 bits per heavy atom. The first-order valence-electron chi connectivity index (χ1n) is 44.8. The van der Waals surface area contributed by atoms with Crippen molar-refractivity contribution in [2.24, 2.45) is 0 Å². The van der Waals surface area contributed by atoms with Crippen molar-refractivity contribution in [2.45, 2.75) is 165 Å². The maximum absolute atomic E-state index is 13.0. The van der Waals surface area contributed by atoms with Crippen LogP contribution in [-0.2, 0) is 0 Å². The second-order valence-corrected chi connectivity index (χ2v) is 35.6. The maximum atomic E-state index is 13.0. The Morgan fingerprint density at radius 2 is 0.669 bits per heavy atom.